The first kappa shape index (κ1) is 18.2. The van der Waals surface area contributed by atoms with Crippen molar-refractivity contribution in [3.63, 3.8) is 0 Å². The molecule has 0 atom stereocenters. The van der Waals surface area contributed by atoms with Crippen LogP contribution in [0.4, 0.5) is 0 Å². The van der Waals surface area contributed by atoms with Gasteiger partial charge in [0.25, 0.3) is 0 Å². The summed E-state index contributed by atoms with van der Waals surface area (Å²) in [6.07, 6.45) is 4.37. The summed E-state index contributed by atoms with van der Waals surface area (Å²) in [7, 11) is 1.82. The van der Waals surface area contributed by atoms with E-state index in [1.54, 1.807) is 11.1 Å². The maximum absolute atomic E-state index is 11.8. The molecule has 6 heteroatoms. The van der Waals surface area contributed by atoms with Gasteiger partial charge in [-0.3, -0.25) is 9.78 Å². The smallest absolute Gasteiger partial charge is 0.236 e. The molecule has 1 aromatic heterocycles. The Kier molecular flexibility index (Phi) is 8.72. The molecule has 4 nitrogen and oxygen atoms in total. The summed E-state index contributed by atoms with van der Waals surface area (Å²) < 4.78 is 0. The summed E-state index contributed by atoms with van der Waals surface area (Å²) in [6.45, 7) is 1.98. The second-order valence-corrected chi connectivity index (χ2v) is 4.65. The predicted molar refractivity (Wildman–Crippen MR) is 80.8 cm³/mol. The summed E-state index contributed by atoms with van der Waals surface area (Å²) in [4.78, 5) is 17.7. The van der Waals surface area contributed by atoms with Crippen LogP contribution in [-0.4, -0.2) is 35.9 Å². The van der Waals surface area contributed by atoms with Gasteiger partial charge < -0.3 is 10.2 Å². The molecule has 1 fully saturated rings. The molecule has 0 spiro atoms. The van der Waals surface area contributed by atoms with E-state index < -0.39 is 0 Å². The topological polar surface area (TPSA) is 45.2 Å². The molecule has 0 radical (unpaired) electrons. The fourth-order valence-electron chi connectivity index (χ4n) is 1.66. The number of likely N-dealkylation sites (N-methyl/N-ethyl adjacent to an activating group) is 1. The SMILES string of the molecule is CN(Cc1ccccn1)C(=O)CNCC1CC1.Cl.Cl. The van der Waals surface area contributed by atoms with Crippen molar-refractivity contribution in [1.29, 1.82) is 0 Å². The second-order valence-electron chi connectivity index (χ2n) is 4.65. The number of halogens is 2. The van der Waals surface area contributed by atoms with Gasteiger partial charge in [-0.05, 0) is 37.4 Å². The molecule has 1 aliphatic carbocycles. The number of carbonyl (C=O) groups excluding carboxylic acids is 1. The van der Waals surface area contributed by atoms with Gasteiger partial charge in [0.15, 0.2) is 0 Å². The van der Waals surface area contributed by atoms with Crippen LogP contribution in [0.1, 0.15) is 18.5 Å². The molecule has 108 valence electrons. The molecule has 1 heterocycles. The van der Waals surface area contributed by atoms with E-state index in [1.165, 1.54) is 12.8 Å². The van der Waals surface area contributed by atoms with E-state index >= 15 is 0 Å². The lowest BCUT2D eigenvalue weighted by atomic mass is 10.3. The average molecular weight is 306 g/mol. The van der Waals surface area contributed by atoms with Crippen LogP contribution in [0.3, 0.4) is 0 Å². The Labute approximate surface area is 126 Å². The zero-order valence-corrected chi connectivity index (χ0v) is 12.7. The van der Waals surface area contributed by atoms with Crippen molar-refractivity contribution >= 4 is 30.7 Å². The van der Waals surface area contributed by atoms with E-state index in [-0.39, 0.29) is 30.7 Å². The summed E-state index contributed by atoms with van der Waals surface area (Å²) >= 11 is 0. The minimum absolute atomic E-state index is 0. The molecule has 1 saturated carbocycles. The Hall–Kier alpha value is -0.840. The molecule has 1 amide bonds. The summed E-state index contributed by atoms with van der Waals surface area (Å²) in [5, 5.41) is 3.20. The number of pyridine rings is 1. The van der Waals surface area contributed by atoms with Gasteiger partial charge in [0.2, 0.25) is 5.91 Å². The lowest BCUT2D eigenvalue weighted by Gasteiger charge is -2.16. The third kappa shape index (κ3) is 6.76. The Morgan fingerprint density at radius 2 is 2.16 bits per heavy atom. The summed E-state index contributed by atoms with van der Waals surface area (Å²) in [5.74, 6) is 0.931. The molecule has 1 aliphatic rings. The summed E-state index contributed by atoms with van der Waals surface area (Å²) in [5.41, 5.74) is 0.922. The van der Waals surface area contributed by atoms with Crippen molar-refractivity contribution in [2.75, 3.05) is 20.1 Å². The lowest BCUT2D eigenvalue weighted by molar-refractivity contribution is -0.129. The summed E-state index contributed by atoms with van der Waals surface area (Å²) in [6, 6.07) is 5.75. The van der Waals surface area contributed by atoms with Gasteiger partial charge in [-0.25, -0.2) is 0 Å². The Morgan fingerprint density at radius 3 is 2.74 bits per heavy atom. The third-order valence-corrected chi connectivity index (χ3v) is 2.96. The standard InChI is InChI=1S/C13H19N3O.2ClH/c1-16(10-12-4-2-3-7-15-12)13(17)9-14-8-11-5-6-11;;/h2-4,7,11,14H,5-6,8-10H2,1H3;2*1H. The molecule has 0 unspecified atom stereocenters. The quantitative estimate of drug-likeness (QED) is 0.873. The van der Waals surface area contributed by atoms with Gasteiger partial charge in [0.05, 0.1) is 18.8 Å². The fourth-order valence-corrected chi connectivity index (χ4v) is 1.66. The number of nitrogens with one attached hydrogen (secondary N) is 1. The number of hydrogen-bond acceptors (Lipinski definition) is 3. The molecule has 0 bridgehead atoms. The zero-order chi connectivity index (χ0) is 12.1. The van der Waals surface area contributed by atoms with Gasteiger partial charge in [-0.15, -0.1) is 24.8 Å². The van der Waals surface area contributed by atoms with E-state index in [2.05, 4.69) is 10.3 Å². The van der Waals surface area contributed by atoms with Crippen molar-refractivity contribution in [3.8, 4) is 0 Å². The van der Waals surface area contributed by atoms with E-state index in [0.717, 1.165) is 18.2 Å². The maximum atomic E-state index is 11.8. The lowest BCUT2D eigenvalue weighted by Crippen LogP contribution is -2.36. The van der Waals surface area contributed by atoms with Crippen LogP contribution in [0, 0.1) is 5.92 Å². The predicted octanol–water partition coefficient (Wildman–Crippen LogP) is 1.88. The molecular weight excluding hydrogens is 285 g/mol. The van der Waals surface area contributed by atoms with Crippen molar-refractivity contribution in [1.82, 2.24) is 15.2 Å². The van der Waals surface area contributed by atoms with Crippen LogP contribution < -0.4 is 5.32 Å². The molecule has 0 aromatic carbocycles. The molecule has 0 saturated heterocycles. The number of aromatic nitrogens is 1. The van der Waals surface area contributed by atoms with Crippen molar-refractivity contribution in [2.45, 2.75) is 19.4 Å². The Morgan fingerprint density at radius 1 is 1.42 bits per heavy atom. The van der Waals surface area contributed by atoms with Crippen LogP contribution in [-0.2, 0) is 11.3 Å². The monoisotopic (exact) mass is 305 g/mol. The largest absolute Gasteiger partial charge is 0.339 e. The van der Waals surface area contributed by atoms with E-state index in [0.29, 0.717) is 13.1 Å². The second kappa shape index (κ2) is 9.13. The molecule has 1 N–H and O–H groups in total. The average Bonchev–Trinajstić information content (AvgIpc) is 3.14. The first-order valence-corrected chi connectivity index (χ1v) is 6.10. The highest BCUT2D eigenvalue weighted by atomic mass is 35.5. The zero-order valence-electron chi connectivity index (χ0n) is 11.0. The van der Waals surface area contributed by atoms with E-state index in [4.69, 9.17) is 0 Å². The van der Waals surface area contributed by atoms with Gasteiger partial charge in [0.1, 0.15) is 0 Å². The number of amides is 1. The van der Waals surface area contributed by atoms with E-state index in [1.807, 2.05) is 25.2 Å². The number of hydrogen-bond donors (Lipinski definition) is 1. The first-order chi connectivity index (χ1) is 8.25. The van der Waals surface area contributed by atoms with E-state index in [9.17, 15) is 4.79 Å². The highest BCUT2D eigenvalue weighted by Gasteiger charge is 2.21. The number of carbonyl (C=O) groups is 1. The van der Waals surface area contributed by atoms with Crippen molar-refractivity contribution in [3.05, 3.63) is 30.1 Å². The highest BCUT2D eigenvalue weighted by Crippen LogP contribution is 2.27. The van der Waals surface area contributed by atoms with Crippen molar-refractivity contribution in [2.24, 2.45) is 5.92 Å². The van der Waals surface area contributed by atoms with Gasteiger partial charge in [-0.1, -0.05) is 6.07 Å². The maximum Gasteiger partial charge on any atom is 0.236 e. The first-order valence-electron chi connectivity index (χ1n) is 6.10. The minimum Gasteiger partial charge on any atom is -0.339 e. The minimum atomic E-state index is 0. The van der Waals surface area contributed by atoms with Crippen LogP contribution >= 0.6 is 24.8 Å². The fraction of sp³-hybridized carbons (Fsp3) is 0.538. The van der Waals surface area contributed by atoms with Gasteiger partial charge in [0, 0.05) is 13.2 Å². The van der Waals surface area contributed by atoms with Crippen LogP contribution in [0.15, 0.2) is 24.4 Å². The van der Waals surface area contributed by atoms with Gasteiger partial charge in [-0.2, -0.15) is 0 Å². The van der Waals surface area contributed by atoms with Crippen LogP contribution in [0.5, 0.6) is 0 Å². The molecule has 2 rings (SSSR count). The van der Waals surface area contributed by atoms with Crippen LogP contribution in [0.25, 0.3) is 0 Å². The van der Waals surface area contributed by atoms with Crippen molar-refractivity contribution < 1.29 is 4.79 Å². The Bertz CT molecular complexity index is 371. The third-order valence-electron chi connectivity index (χ3n) is 2.96. The molecular formula is C13H21Cl2N3O. The molecule has 1 aromatic rings. The van der Waals surface area contributed by atoms with Gasteiger partial charge >= 0.3 is 0 Å². The molecule has 0 aliphatic heterocycles. The Balaban J connectivity index is 0.00000162. The number of nitrogens with zero attached hydrogens (tertiary/aromatic N) is 2. The highest BCUT2D eigenvalue weighted by molar-refractivity contribution is 5.85. The molecule has 19 heavy (non-hydrogen) atoms. The number of rotatable bonds is 6. The van der Waals surface area contributed by atoms with Crippen LogP contribution in [0.2, 0.25) is 0 Å². The normalized spacial score (nSPS) is 13.1.